The zero-order chi connectivity index (χ0) is 15.2. The van der Waals surface area contributed by atoms with Gasteiger partial charge in [0, 0.05) is 5.75 Å². The Bertz CT molecular complexity index is 753. The lowest BCUT2D eigenvalue weighted by atomic mass is 10.2. The van der Waals surface area contributed by atoms with Gasteiger partial charge in [-0.05, 0) is 23.3 Å². The average Bonchev–Trinajstić information content (AvgIpc) is 3.01. The summed E-state index contributed by atoms with van der Waals surface area (Å²) in [6.07, 6.45) is 3.20. The topological polar surface area (TPSA) is 43.1 Å². The molecule has 0 fully saturated rings. The van der Waals surface area contributed by atoms with Crippen molar-refractivity contribution in [1.82, 2.24) is 14.9 Å². The molecular weight excluding hydrogens is 299 g/mol. The second-order valence-electron chi connectivity index (χ2n) is 4.53. The van der Waals surface area contributed by atoms with E-state index in [0.29, 0.717) is 5.16 Å². The van der Waals surface area contributed by atoms with Crippen molar-refractivity contribution in [1.29, 1.82) is 0 Å². The second-order valence-corrected chi connectivity index (χ2v) is 5.47. The lowest BCUT2D eigenvalue weighted by Crippen LogP contribution is -1.93. The van der Waals surface area contributed by atoms with Crippen LogP contribution in [0.1, 0.15) is 11.1 Å². The van der Waals surface area contributed by atoms with E-state index in [-0.39, 0.29) is 5.82 Å². The number of nitrogens with zero attached hydrogens (tertiary/aromatic N) is 4. The molecule has 22 heavy (non-hydrogen) atoms. The number of rotatable bonds is 5. The zero-order valence-electron chi connectivity index (χ0n) is 11.6. The highest BCUT2D eigenvalue weighted by molar-refractivity contribution is 7.98. The van der Waals surface area contributed by atoms with Crippen molar-refractivity contribution < 1.29 is 4.39 Å². The standard InChI is InChI=1S/C16H13FN4S/c17-15-8-6-13(7-9-15)10-19-21-12-18-20-16(21)22-11-14-4-2-1-3-5-14/h1-10,12H,11H2/b19-10+. The van der Waals surface area contributed by atoms with Crippen molar-refractivity contribution >= 4 is 18.0 Å². The predicted octanol–water partition coefficient (Wildman–Crippen LogP) is 3.59. The van der Waals surface area contributed by atoms with E-state index in [1.54, 1.807) is 41.1 Å². The SMILES string of the molecule is Fc1ccc(/C=N/n2cnnc2SCc2ccccc2)cc1. The smallest absolute Gasteiger partial charge is 0.207 e. The molecule has 0 aliphatic carbocycles. The fraction of sp³-hybridized carbons (Fsp3) is 0.0625. The Labute approximate surface area is 131 Å². The van der Waals surface area contributed by atoms with Crippen molar-refractivity contribution in [2.45, 2.75) is 10.9 Å². The lowest BCUT2D eigenvalue weighted by Gasteiger charge is -2.01. The maximum atomic E-state index is 12.9. The van der Waals surface area contributed by atoms with E-state index >= 15 is 0 Å². The number of thioether (sulfide) groups is 1. The third-order valence-electron chi connectivity index (χ3n) is 2.91. The van der Waals surface area contributed by atoms with Gasteiger partial charge >= 0.3 is 0 Å². The van der Waals surface area contributed by atoms with Gasteiger partial charge in [-0.25, -0.2) is 4.39 Å². The molecule has 6 heteroatoms. The molecule has 1 aromatic heterocycles. The summed E-state index contributed by atoms with van der Waals surface area (Å²) in [6.45, 7) is 0. The monoisotopic (exact) mass is 312 g/mol. The molecule has 0 atom stereocenters. The van der Waals surface area contributed by atoms with Crippen LogP contribution in [0.3, 0.4) is 0 Å². The first-order valence-electron chi connectivity index (χ1n) is 6.68. The first-order chi connectivity index (χ1) is 10.8. The Morgan fingerprint density at radius 2 is 1.86 bits per heavy atom. The second kappa shape index (κ2) is 7.00. The fourth-order valence-electron chi connectivity index (χ4n) is 1.79. The van der Waals surface area contributed by atoms with Gasteiger partial charge in [0.25, 0.3) is 0 Å². The molecule has 0 aliphatic rings. The molecule has 0 aliphatic heterocycles. The molecule has 110 valence electrons. The average molecular weight is 312 g/mol. The summed E-state index contributed by atoms with van der Waals surface area (Å²) in [7, 11) is 0. The van der Waals surface area contributed by atoms with Crippen LogP contribution in [0.25, 0.3) is 0 Å². The summed E-state index contributed by atoms with van der Waals surface area (Å²) >= 11 is 1.56. The van der Waals surface area contributed by atoms with Crippen molar-refractivity contribution in [3.8, 4) is 0 Å². The summed E-state index contributed by atoms with van der Waals surface area (Å²) in [5, 5.41) is 13.0. The van der Waals surface area contributed by atoms with E-state index in [4.69, 9.17) is 0 Å². The molecule has 2 aromatic carbocycles. The molecule has 1 heterocycles. The van der Waals surface area contributed by atoms with E-state index in [1.807, 2.05) is 18.2 Å². The van der Waals surface area contributed by atoms with Gasteiger partial charge in [0.1, 0.15) is 12.1 Å². The zero-order valence-corrected chi connectivity index (χ0v) is 12.4. The van der Waals surface area contributed by atoms with Crippen molar-refractivity contribution in [3.63, 3.8) is 0 Å². The molecule has 0 saturated carbocycles. The summed E-state index contributed by atoms with van der Waals surface area (Å²) in [5.74, 6) is 0.534. The number of hydrogen-bond acceptors (Lipinski definition) is 4. The van der Waals surface area contributed by atoms with Crippen LogP contribution in [0.2, 0.25) is 0 Å². The summed E-state index contributed by atoms with van der Waals surface area (Å²) in [6, 6.07) is 16.3. The minimum atomic E-state index is -0.263. The van der Waals surface area contributed by atoms with Gasteiger partial charge in [0.15, 0.2) is 0 Å². The van der Waals surface area contributed by atoms with E-state index in [0.717, 1.165) is 11.3 Å². The molecule has 0 amide bonds. The van der Waals surface area contributed by atoms with Gasteiger partial charge in [-0.3, -0.25) is 0 Å². The maximum absolute atomic E-state index is 12.9. The van der Waals surface area contributed by atoms with Crippen LogP contribution in [0.15, 0.2) is 71.2 Å². The summed E-state index contributed by atoms with van der Waals surface area (Å²) in [5.41, 5.74) is 2.03. The molecule has 0 radical (unpaired) electrons. The van der Waals surface area contributed by atoms with Crippen LogP contribution in [0, 0.1) is 5.82 Å². The summed E-state index contributed by atoms with van der Waals surface area (Å²) < 4.78 is 14.5. The Morgan fingerprint density at radius 1 is 1.09 bits per heavy atom. The lowest BCUT2D eigenvalue weighted by molar-refractivity contribution is 0.628. The highest BCUT2D eigenvalue weighted by atomic mass is 32.2. The maximum Gasteiger partial charge on any atom is 0.212 e. The third kappa shape index (κ3) is 3.79. The number of aromatic nitrogens is 3. The van der Waals surface area contributed by atoms with Crippen LogP contribution >= 0.6 is 11.8 Å². The number of halogens is 1. The van der Waals surface area contributed by atoms with E-state index in [2.05, 4.69) is 27.4 Å². The molecular formula is C16H13FN4S. The molecule has 3 aromatic rings. The van der Waals surface area contributed by atoms with E-state index < -0.39 is 0 Å². The van der Waals surface area contributed by atoms with E-state index in [9.17, 15) is 4.39 Å². The first-order valence-corrected chi connectivity index (χ1v) is 7.66. The largest absolute Gasteiger partial charge is 0.212 e. The predicted molar refractivity (Wildman–Crippen MR) is 85.4 cm³/mol. The highest BCUT2D eigenvalue weighted by Gasteiger charge is 2.04. The minimum absolute atomic E-state index is 0.263. The van der Waals surface area contributed by atoms with Crippen molar-refractivity contribution in [2.75, 3.05) is 0 Å². The van der Waals surface area contributed by atoms with Gasteiger partial charge < -0.3 is 0 Å². The van der Waals surface area contributed by atoms with Crippen LogP contribution < -0.4 is 0 Å². The Kier molecular flexibility index (Phi) is 4.60. The normalized spacial score (nSPS) is 11.1. The molecule has 0 bridgehead atoms. The minimum Gasteiger partial charge on any atom is -0.207 e. The third-order valence-corrected chi connectivity index (χ3v) is 3.92. The Morgan fingerprint density at radius 3 is 2.64 bits per heavy atom. The van der Waals surface area contributed by atoms with Gasteiger partial charge in [-0.2, -0.15) is 9.78 Å². The van der Waals surface area contributed by atoms with Crippen LogP contribution in [-0.2, 0) is 5.75 Å². The van der Waals surface area contributed by atoms with Crippen molar-refractivity contribution in [3.05, 3.63) is 77.9 Å². The molecule has 0 spiro atoms. The van der Waals surface area contributed by atoms with Gasteiger partial charge in [0.05, 0.1) is 6.21 Å². The van der Waals surface area contributed by atoms with Crippen LogP contribution in [-0.4, -0.2) is 21.1 Å². The quantitative estimate of drug-likeness (QED) is 0.534. The fourth-order valence-corrected chi connectivity index (χ4v) is 2.61. The van der Waals surface area contributed by atoms with Gasteiger partial charge in [0.2, 0.25) is 5.16 Å². The summed E-state index contributed by atoms with van der Waals surface area (Å²) in [4.78, 5) is 0. The van der Waals surface area contributed by atoms with Crippen molar-refractivity contribution in [2.24, 2.45) is 5.10 Å². The molecule has 0 saturated heterocycles. The molecule has 0 N–H and O–H groups in total. The molecule has 0 unspecified atom stereocenters. The Balaban J connectivity index is 1.68. The van der Waals surface area contributed by atoms with Gasteiger partial charge in [-0.15, -0.1) is 10.2 Å². The van der Waals surface area contributed by atoms with E-state index in [1.165, 1.54) is 17.7 Å². The number of benzene rings is 2. The highest BCUT2D eigenvalue weighted by Crippen LogP contribution is 2.20. The van der Waals surface area contributed by atoms with Crippen LogP contribution in [0.4, 0.5) is 4.39 Å². The Hall–Kier alpha value is -2.47. The number of hydrogen-bond donors (Lipinski definition) is 0. The van der Waals surface area contributed by atoms with Crippen LogP contribution in [0.5, 0.6) is 0 Å². The molecule has 3 rings (SSSR count). The first kappa shape index (κ1) is 14.5. The van der Waals surface area contributed by atoms with Gasteiger partial charge in [-0.1, -0.05) is 54.2 Å². The molecule has 4 nitrogen and oxygen atoms in total.